The molecule has 0 fully saturated rings. The molecule has 0 bridgehead atoms. The summed E-state index contributed by atoms with van der Waals surface area (Å²) in [6, 6.07) is 17.3. The van der Waals surface area contributed by atoms with Crippen LogP contribution >= 0.6 is 11.9 Å². The van der Waals surface area contributed by atoms with Crippen molar-refractivity contribution in [2.24, 2.45) is 0 Å². The van der Waals surface area contributed by atoms with Crippen molar-refractivity contribution in [3.8, 4) is 0 Å². The van der Waals surface area contributed by atoms with E-state index in [1.165, 1.54) is 11.9 Å². The zero-order valence-electron chi connectivity index (χ0n) is 10.6. The molecule has 0 saturated heterocycles. The Bertz CT molecular complexity index is 543. The highest BCUT2D eigenvalue weighted by Gasteiger charge is 2.06. The fourth-order valence-electron chi connectivity index (χ4n) is 1.53. The topological polar surface area (TPSA) is 38.3 Å². The van der Waals surface area contributed by atoms with Crippen molar-refractivity contribution in [3.05, 3.63) is 60.2 Å². The number of benzene rings is 2. The summed E-state index contributed by atoms with van der Waals surface area (Å²) in [6.45, 7) is 2.18. The van der Waals surface area contributed by atoms with Crippen molar-refractivity contribution in [1.82, 2.24) is 0 Å². The molecule has 0 saturated carbocycles. The molecule has 0 aliphatic rings. The van der Waals surface area contributed by atoms with E-state index in [4.69, 9.17) is 4.74 Å². The van der Waals surface area contributed by atoms with Crippen LogP contribution in [0.3, 0.4) is 0 Å². The molecule has 2 rings (SSSR count). The first-order chi connectivity index (χ1) is 9.29. The molecule has 3 nitrogen and oxygen atoms in total. The highest BCUT2D eigenvalue weighted by molar-refractivity contribution is 8.00. The minimum atomic E-state index is -0.295. The Kier molecular flexibility index (Phi) is 4.86. The van der Waals surface area contributed by atoms with Gasteiger partial charge < -0.3 is 9.46 Å². The van der Waals surface area contributed by atoms with Crippen molar-refractivity contribution >= 4 is 23.6 Å². The summed E-state index contributed by atoms with van der Waals surface area (Å²) in [6.07, 6.45) is 0. The van der Waals surface area contributed by atoms with Gasteiger partial charge >= 0.3 is 5.97 Å². The summed E-state index contributed by atoms with van der Waals surface area (Å²) < 4.78 is 8.18. The Morgan fingerprint density at radius 1 is 1.16 bits per heavy atom. The number of esters is 1. The van der Waals surface area contributed by atoms with Gasteiger partial charge in [-0.3, -0.25) is 0 Å². The molecule has 0 radical (unpaired) electrons. The van der Waals surface area contributed by atoms with E-state index in [0.717, 1.165) is 10.6 Å². The first-order valence-corrected chi connectivity index (χ1v) is 6.86. The monoisotopic (exact) mass is 273 g/mol. The van der Waals surface area contributed by atoms with E-state index < -0.39 is 0 Å². The summed E-state index contributed by atoms with van der Waals surface area (Å²) in [5, 5.41) is 0. The predicted octanol–water partition coefficient (Wildman–Crippen LogP) is 3.98. The Morgan fingerprint density at radius 3 is 2.68 bits per heavy atom. The van der Waals surface area contributed by atoms with Gasteiger partial charge in [-0.25, -0.2) is 4.79 Å². The molecular formula is C15H15NO2S. The Balaban J connectivity index is 2.01. The van der Waals surface area contributed by atoms with Crippen molar-refractivity contribution in [2.45, 2.75) is 11.8 Å². The first kappa shape index (κ1) is 13.5. The van der Waals surface area contributed by atoms with Crippen molar-refractivity contribution in [2.75, 3.05) is 11.3 Å². The highest BCUT2D eigenvalue weighted by atomic mass is 32.2. The second-order valence-corrected chi connectivity index (χ2v) is 4.70. The Morgan fingerprint density at radius 2 is 1.95 bits per heavy atom. The number of ether oxygens (including phenoxy) is 1. The van der Waals surface area contributed by atoms with Crippen LogP contribution in [-0.4, -0.2) is 12.6 Å². The fraction of sp³-hybridized carbons (Fsp3) is 0.133. The molecule has 1 N–H and O–H groups in total. The second kappa shape index (κ2) is 6.85. The molecule has 2 aromatic carbocycles. The van der Waals surface area contributed by atoms with E-state index in [0.29, 0.717) is 12.2 Å². The van der Waals surface area contributed by atoms with Gasteiger partial charge in [0.15, 0.2) is 0 Å². The van der Waals surface area contributed by atoms with E-state index in [-0.39, 0.29) is 5.97 Å². The van der Waals surface area contributed by atoms with Gasteiger partial charge in [0.2, 0.25) is 0 Å². The number of rotatable bonds is 5. The number of hydrogen-bond donors (Lipinski definition) is 1. The van der Waals surface area contributed by atoms with Gasteiger partial charge in [-0.05, 0) is 49.2 Å². The lowest BCUT2D eigenvalue weighted by molar-refractivity contribution is 0.0526. The third kappa shape index (κ3) is 4.03. The van der Waals surface area contributed by atoms with Crippen LogP contribution in [0.25, 0.3) is 0 Å². The summed E-state index contributed by atoms with van der Waals surface area (Å²) in [7, 11) is 0. The molecule has 0 unspecified atom stereocenters. The highest BCUT2D eigenvalue weighted by Crippen LogP contribution is 2.21. The summed E-state index contributed by atoms with van der Waals surface area (Å²) in [4.78, 5) is 12.7. The average molecular weight is 273 g/mol. The van der Waals surface area contributed by atoms with E-state index in [1.807, 2.05) is 42.5 Å². The SMILES string of the molecule is CCOC(=O)c1cccc(NSc2ccccc2)c1. The van der Waals surface area contributed by atoms with Gasteiger partial charge in [-0.2, -0.15) is 0 Å². The van der Waals surface area contributed by atoms with Gasteiger partial charge in [0, 0.05) is 10.6 Å². The minimum absolute atomic E-state index is 0.295. The summed E-state index contributed by atoms with van der Waals surface area (Å²) in [5.74, 6) is -0.295. The van der Waals surface area contributed by atoms with E-state index >= 15 is 0 Å². The lowest BCUT2D eigenvalue weighted by Crippen LogP contribution is -2.04. The molecule has 0 heterocycles. The van der Waals surface area contributed by atoms with Gasteiger partial charge in [0.25, 0.3) is 0 Å². The molecule has 2 aromatic rings. The summed E-state index contributed by atoms with van der Waals surface area (Å²) in [5.41, 5.74) is 1.43. The van der Waals surface area contributed by atoms with Gasteiger partial charge in [0.05, 0.1) is 12.2 Å². The molecule has 4 heteroatoms. The van der Waals surface area contributed by atoms with Crippen molar-refractivity contribution in [3.63, 3.8) is 0 Å². The van der Waals surface area contributed by atoms with Crippen LogP contribution in [0.15, 0.2) is 59.5 Å². The van der Waals surface area contributed by atoms with Crippen LogP contribution in [0.1, 0.15) is 17.3 Å². The fourth-order valence-corrected chi connectivity index (χ4v) is 2.19. The molecule has 0 aromatic heterocycles. The minimum Gasteiger partial charge on any atom is -0.462 e. The first-order valence-electron chi connectivity index (χ1n) is 6.04. The van der Waals surface area contributed by atoms with E-state index in [1.54, 1.807) is 19.1 Å². The maximum absolute atomic E-state index is 11.6. The van der Waals surface area contributed by atoms with Crippen LogP contribution in [0.5, 0.6) is 0 Å². The van der Waals surface area contributed by atoms with Crippen LogP contribution < -0.4 is 4.72 Å². The number of carbonyl (C=O) groups excluding carboxylic acids is 1. The third-order valence-corrected chi connectivity index (χ3v) is 3.25. The third-order valence-electron chi connectivity index (χ3n) is 2.40. The molecule has 0 aliphatic carbocycles. The Labute approximate surface area is 117 Å². The maximum Gasteiger partial charge on any atom is 0.338 e. The molecule has 0 aliphatic heterocycles. The molecule has 0 spiro atoms. The quantitative estimate of drug-likeness (QED) is 0.660. The van der Waals surface area contributed by atoms with E-state index in [2.05, 4.69) is 4.72 Å². The number of nitrogens with one attached hydrogen (secondary N) is 1. The second-order valence-electron chi connectivity index (χ2n) is 3.82. The number of hydrogen-bond acceptors (Lipinski definition) is 4. The van der Waals surface area contributed by atoms with Crippen LogP contribution in [0, 0.1) is 0 Å². The zero-order chi connectivity index (χ0) is 13.5. The standard InChI is InChI=1S/C15H15NO2S/c1-2-18-15(17)12-7-6-8-13(11-12)16-19-14-9-4-3-5-10-14/h3-11,16H,2H2,1H3. The molecule has 0 atom stereocenters. The lowest BCUT2D eigenvalue weighted by Gasteiger charge is -2.07. The molecule has 0 amide bonds. The van der Waals surface area contributed by atoms with Crippen LogP contribution in [-0.2, 0) is 4.74 Å². The smallest absolute Gasteiger partial charge is 0.338 e. The molecular weight excluding hydrogens is 258 g/mol. The van der Waals surface area contributed by atoms with Crippen molar-refractivity contribution < 1.29 is 9.53 Å². The predicted molar refractivity (Wildman–Crippen MR) is 78.3 cm³/mol. The summed E-state index contributed by atoms with van der Waals surface area (Å²) >= 11 is 1.51. The molecule has 19 heavy (non-hydrogen) atoms. The maximum atomic E-state index is 11.6. The number of anilines is 1. The van der Waals surface area contributed by atoms with Gasteiger partial charge in [0.1, 0.15) is 0 Å². The van der Waals surface area contributed by atoms with E-state index in [9.17, 15) is 4.79 Å². The normalized spacial score (nSPS) is 9.95. The van der Waals surface area contributed by atoms with Crippen molar-refractivity contribution in [1.29, 1.82) is 0 Å². The Hall–Kier alpha value is -1.94. The van der Waals surface area contributed by atoms with Gasteiger partial charge in [-0.1, -0.05) is 24.3 Å². The number of carbonyl (C=O) groups is 1. The average Bonchev–Trinajstić information content (AvgIpc) is 2.47. The van der Waals surface area contributed by atoms with Crippen LogP contribution in [0.4, 0.5) is 5.69 Å². The largest absolute Gasteiger partial charge is 0.462 e. The zero-order valence-corrected chi connectivity index (χ0v) is 11.4. The molecule has 98 valence electrons. The van der Waals surface area contributed by atoms with Gasteiger partial charge in [-0.15, -0.1) is 0 Å². The van der Waals surface area contributed by atoms with Crippen LogP contribution in [0.2, 0.25) is 0 Å². The lowest BCUT2D eigenvalue weighted by atomic mass is 10.2.